The Kier molecular flexibility index (Phi) is 6.13. The first-order valence-corrected chi connectivity index (χ1v) is 8.65. The number of ether oxygens (including phenoxy) is 4. The molecule has 0 aromatic heterocycles. The van der Waals surface area contributed by atoms with Gasteiger partial charge in [0.25, 0.3) is 0 Å². The summed E-state index contributed by atoms with van der Waals surface area (Å²) in [7, 11) is 0. The van der Waals surface area contributed by atoms with Gasteiger partial charge in [-0.1, -0.05) is 19.1 Å². The van der Waals surface area contributed by atoms with Crippen molar-refractivity contribution in [1.82, 2.24) is 4.90 Å². The number of benzene rings is 1. The molecule has 3 rings (SSSR count). The lowest BCUT2D eigenvalue weighted by atomic mass is 10.2. The average Bonchev–Trinajstić information content (AvgIpc) is 3.11. The van der Waals surface area contributed by atoms with Gasteiger partial charge in [-0.05, 0) is 31.5 Å². The highest BCUT2D eigenvalue weighted by molar-refractivity contribution is 5.40. The first-order chi connectivity index (χ1) is 11.3. The Morgan fingerprint density at radius 2 is 2.09 bits per heavy atom. The van der Waals surface area contributed by atoms with Crippen molar-refractivity contribution in [3.05, 3.63) is 24.3 Å². The van der Waals surface area contributed by atoms with E-state index in [-0.39, 0.29) is 6.10 Å². The van der Waals surface area contributed by atoms with Crippen LogP contribution in [0.25, 0.3) is 0 Å². The zero-order chi connectivity index (χ0) is 15.9. The molecule has 2 aliphatic rings. The van der Waals surface area contributed by atoms with E-state index in [1.165, 1.54) is 0 Å². The summed E-state index contributed by atoms with van der Waals surface area (Å²) in [6, 6.07) is 7.85. The molecule has 5 nitrogen and oxygen atoms in total. The molecule has 0 aliphatic carbocycles. The molecule has 0 bridgehead atoms. The third-order valence-electron chi connectivity index (χ3n) is 4.36. The van der Waals surface area contributed by atoms with Crippen molar-refractivity contribution in [3.8, 4) is 11.5 Å². The summed E-state index contributed by atoms with van der Waals surface area (Å²) in [6.07, 6.45) is 2.67. The maximum absolute atomic E-state index is 6.02. The van der Waals surface area contributed by atoms with Crippen LogP contribution in [0, 0.1) is 0 Å². The molecule has 5 heteroatoms. The first-order valence-electron chi connectivity index (χ1n) is 8.65. The Bertz CT molecular complexity index is 476. The van der Waals surface area contributed by atoms with Gasteiger partial charge in [-0.25, -0.2) is 0 Å². The van der Waals surface area contributed by atoms with E-state index in [0.29, 0.717) is 19.3 Å². The zero-order valence-electron chi connectivity index (χ0n) is 13.9. The predicted molar refractivity (Wildman–Crippen MR) is 88.3 cm³/mol. The van der Waals surface area contributed by atoms with Crippen molar-refractivity contribution in [2.75, 3.05) is 46.1 Å². The van der Waals surface area contributed by atoms with Crippen molar-refractivity contribution in [3.63, 3.8) is 0 Å². The molecular formula is C18H27NO4. The van der Waals surface area contributed by atoms with Crippen LogP contribution in [-0.4, -0.2) is 63.2 Å². The molecule has 2 atom stereocenters. The lowest BCUT2D eigenvalue weighted by Crippen LogP contribution is -2.42. The first kappa shape index (κ1) is 16.6. The van der Waals surface area contributed by atoms with Crippen LogP contribution in [0.2, 0.25) is 0 Å². The minimum Gasteiger partial charge on any atom is -0.486 e. The highest BCUT2D eigenvalue weighted by atomic mass is 16.6. The second-order valence-corrected chi connectivity index (χ2v) is 6.10. The smallest absolute Gasteiger partial charge is 0.161 e. The number of hydrogen-bond donors (Lipinski definition) is 0. The third-order valence-corrected chi connectivity index (χ3v) is 4.36. The molecular weight excluding hydrogens is 294 g/mol. The van der Waals surface area contributed by atoms with E-state index in [2.05, 4.69) is 11.8 Å². The number of nitrogens with zero attached hydrogens (tertiary/aromatic N) is 1. The molecule has 1 saturated heterocycles. The van der Waals surface area contributed by atoms with E-state index in [1.807, 2.05) is 24.3 Å². The third kappa shape index (κ3) is 4.83. The fraction of sp³-hybridized carbons (Fsp3) is 0.667. The van der Waals surface area contributed by atoms with E-state index >= 15 is 0 Å². The minimum atomic E-state index is 0.0722. The number of rotatable bonds is 8. The van der Waals surface area contributed by atoms with E-state index in [1.54, 1.807) is 0 Å². The van der Waals surface area contributed by atoms with Gasteiger partial charge in [0, 0.05) is 19.7 Å². The largest absolute Gasteiger partial charge is 0.486 e. The van der Waals surface area contributed by atoms with E-state index in [4.69, 9.17) is 18.9 Å². The lowest BCUT2D eigenvalue weighted by molar-refractivity contribution is 0.00441. The zero-order valence-corrected chi connectivity index (χ0v) is 13.9. The number of likely N-dealkylation sites (N-methyl/N-ethyl adjacent to an activating group) is 1. The molecule has 23 heavy (non-hydrogen) atoms. The molecule has 0 spiro atoms. The molecule has 0 saturated carbocycles. The standard InChI is InChI=1S/C18H27NO4/c1-2-19(9-11-20-13-15-6-5-10-21-15)12-16-14-22-17-7-3-4-8-18(17)23-16/h3-4,7-8,15-16H,2,5-6,9-14H2,1H3/t15-,16+/m0/s1. The van der Waals surface area contributed by atoms with E-state index in [0.717, 1.165) is 57.2 Å². The normalized spacial score (nSPS) is 23.4. The van der Waals surface area contributed by atoms with Crippen LogP contribution in [0.3, 0.4) is 0 Å². The van der Waals surface area contributed by atoms with Gasteiger partial charge in [0.05, 0.1) is 19.3 Å². The maximum atomic E-state index is 6.02. The molecule has 0 unspecified atom stereocenters. The van der Waals surface area contributed by atoms with Crippen LogP contribution < -0.4 is 9.47 Å². The molecule has 1 aromatic carbocycles. The van der Waals surface area contributed by atoms with Crippen LogP contribution >= 0.6 is 0 Å². The summed E-state index contributed by atoms with van der Waals surface area (Å²) >= 11 is 0. The highest BCUT2D eigenvalue weighted by Crippen LogP contribution is 2.30. The van der Waals surface area contributed by atoms with Gasteiger partial charge in [0.1, 0.15) is 12.7 Å². The summed E-state index contributed by atoms with van der Waals surface area (Å²) in [5.41, 5.74) is 0. The van der Waals surface area contributed by atoms with Crippen molar-refractivity contribution in [1.29, 1.82) is 0 Å². The summed E-state index contributed by atoms with van der Waals surface area (Å²) in [6.45, 7) is 7.84. The topological polar surface area (TPSA) is 40.2 Å². The fourth-order valence-electron chi connectivity index (χ4n) is 3.00. The van der Waals surface area contributed by atoms with Crippen molar-refractivity contribution in [2.24, 2.45) is 0 Å². The summed E-state index contributed by atoms with van der Waals surface area (Å²) < 4.78 is 23.1. The van der Waals surface area contributed by atoms with Crippen LogP contribution in [0.1, 0.15) is 19.8 Å². The highest BCUT2D eigenvalue weighted by Gasteiger charge is 2.22. The Morgan fingerprint density at radius 3 is 2.87 bits per heavy atom. The van der Waals surface area contributed by atoms with Crippen molar-refractivity contribution < 1.29 is 18.9 Å². The minimum absolute atomic E-state index is 0.0722. The maximum Gasteiger partial charge on any atom is 0.161 e. The van der Waals surface area contributed by atoms with Crippen LogP contribution in [0.4, 0.5) is 0 Å². The Labute approximate surface area is 138 Å². The van der Waals surface area contributed by atoms with Gasteiger partial charge < -0.3 is 18.9 Å². The van der Waals surface area contributed by atoms with E-state index in [9.17, 15) is 0 Å². The molecule has 1 fully saturated rings. The van der Waals surface area contributed by atoms with Gasteiger partial charge in [-0.15, -0.1) is 0 Å². The molecule has 128 valence electrons. The molecule has 0 N–H and O–H groups in total. The van der Waals surface area contributed by atoms with Gasteiger partial charge in [-0.3, -0.25) is 4.90 Å². The average molecular weight is 321 g/mol. The SMILES string of the molecule is CCN(CCOC[C@@H]1CCCO1)C[C@@H]1COc2ccccc2O1. The summed E-state index contributed by atoms with van der Waals surface area (Å²) in [5, 5.41) is 0. The second-order valence-electron chi connectivity index (χ2n) is 6.10. The Morgan fingerprint density at radius 1 is 1.22 bits per heavy atom. The van der Waals surface area contributed by atoms with Gasteiger partial charge >= 0.3 is 0 Å². The van der Waals surface area contributed by atoms with E-state index < -0.39 is 0 Å². The monoisotopic (exact) mass is 321 g/mol. The quantitative estimate of drug-likeness (QED) is 0.687. The Balaban J connectivity index is 1.37. The van der Waals surface area contributed by atoms with Crippen LogP contribution in [0.15, 0.2) is 24.3 Å². The molecule has 0 amide bonds. The summed E-state index contributed by atoms with van der Waals surface area (Å²) in [5.74, 6) is 1.68. The summed E-state index contributed by atoms with van der Waals surface area (Å²) in [4.78, 5) is 2.34. The molecule has 2 heterocycles. The van der Waals surface area contributed by atoms with Crippen LogP contribution in [0.5, 0.6) is 11.5 Å². The van der Waals surface area contributed by atoms with Crippen LogP contribution in [-0.2, 0) is 9.47 Å². The molecule has 2 aliphatic heterocycles. The number of hydrogen-bond acceptors (Lipinski definition) is 5. The van der Waals surface area contributed by atoms with Gasteiger partial charge in [0.15, 0.2) is 11.5 Å². The lowest BCUT2D eigenvalue weighted by Gasteiger charge is -2.30. The fourth-order valence-corrected chi connectivity index (χ4v) is 3.00. The number of fused-ring (bicyclic) bond motifs is 1. The molecule has 0 radical (unpaired) electrons. The van der Waals surface area contributed by atoms with Crippen molar-refractivity contribution in [2.45, 2.75) is 32.0 Å². The van der Waals surface area contributed by atoms with Gasteiger partial charge in [0.2, 0.25) is 0 Å². The number of para-hydroxylation sites is 2. The Hall–Kier alpha value is -1.30. The molecule has 1 aromatic rings. The van der Waals surface area contributed by atoms with Crippen molar-refractivity contribution >= 4 is 0 Å². The predicted octanol–water partition coefficient (Wildman–Crippen LogP) is 2.34. The second kappa shape index (κ2) is 8.52. The van der Waals surface area contributed by atoms with Gasteiger partial charge in [-0.2, -0.15) is 0 Å².